The van der Waals surface area contributed by atoms with E-state index < -0.39 is 6.04 Å². The maximum atomic E-state index is 12.6. The van der Waals surface area contributed by atoms with Gasteiger partial charge >= 0.3 is 0 Å². The molecule has 26 heavy (non-hydrogen) atoms. The lowest BCUT2D eigenvalue weighted by molar-refractivity contribution is -0.385. The van der Waals surface area contributed by atoms with E-state index in [1.807, 2.05) is 30.3 Å². The summed E-state index contributed by atoms with van der Waals surface area (Å²) >= 11 is 0. The Morgan fingerprint density at radius 1 is 1.27 bits per heavy atom. The first kappa shape index (κ1) is 16.0. The van der Waals surface area contributed by atoms with Crippen molar-refractivity contribution in [3.8, 4) is 12.3 Å². The molecule has 0 spiro atoms. The molecule has 0 amide bonds. The maximum absolute atomic E-state index is 12.6. The minimum absolute atomic E-state index is 0.0506. The Morgan fingerprint density at radius 2 is 2.00 bits per heavy atom. The van der Waals surface area contributed by atoms with Crippen LogP contribution in [0.25, 0.3) is 11.0 Å². The quantitative estimate of drug-likeness (QED) is 0.412. The van der Waals surface area contributed by atoms with E-state index in [0.717, 1.165) is 24.6 Å². The molecule has 1 fully saturated rings. The molecule has 1 aliphatic carbocycles. The van der Waals surface area contributed by atoms with Crippen LogP contribution in [0.4, 0.5) is 5.69 Å². The van der Waals surface area contributed by atoms with Crippen molar-refractivity contribution < 1.29 is 4.92 Å². The summed E-state index contributed by atoms with van der Waals surface area (Å²) in [6.07, 6.45) is 8.73. The standard InChI is InChI=1S/C20H15N3O3/c1-2-17(14-6-4-3-5-7-14)22-19-10-15(13-8-9-13)18(23(25)26)11-16(19)21-12-20(22)24/h1,3-7,10-13,17H,8-9H2/t17-/m0/s1. The van der Waals surface area contributed by atoms with E-state index in [0.29, 0.717) is 16.6 Å². The van der Waals surface area contributed by atoms with Gasteiger partial charge in [-0.3, -0.25) is 19.5 Å². The number of hydrogen-bond acceptors (Lipinski definition) is 4. The third-order valence-electron chi connectivity index (χ3n) is 4.68. The van der Waals surface area contributed by atoms with Gasteiger partial charge in [0.2, 0.25) is 0 Å². The molecular formula is C20H15N3O3. The van der Waals surface area contributed by atoms with Crippen molar-refractivity contribution in [2.45, 2.75) is 24.8 Å². The van der Waals surface area contributed by atoms with Crippen molar-refractivity contribution in [2.75, 3.05) is 0 Å². The Kier molecular flexibility index (Phi) is 3.77. The Labute approximate surface area is 149 Å². The fourth-order valence-electron chi connectivity index (χ4n) is 3.28. The van der Waals surface area contributed by atoms with Gasteiger partial charge in [0.15, 0.2) is 0 Å². The molecule has 0 bridgehead atoms. The summed E-state index contributed by atoms with van der Waals surface area (Å²) in [5, 5.41) is 11.4. The molecule has 6 nitrogen and oxygen atoms in total. The highest BCUT2D eigenvalue weighted by molar-refractivity contribution is 5.80. The highest BCUT2D eigenvalue weighted by Crippen LogP contribution is 2.45. The van der Waals surface area contributed by atoms with E-state index in [1.165, 1.54) is 10.6 Å². The predicted octanol–water partition coefficient (Wildman–Crippen LogP) is 3.40. The number of nitrogens with zero attached hydrogens (tertiary/aromatic N) is 3. The third-order valence-corrected chi connectivity index (χ3v) is 4.68. The van der Waals surface area contributed by atoms with Crippen LogP contribution in [0.1, 0.15) is 35.9 Å². The smallest absolute Gasteiger partial charge is 0.275 e. The molecule has 0 aliphatic heterocycles. The molecule has 1 saturated carbocycles. The molecule has 0 radical (unpaired) electrons. The van der Waals surface area contributed by atoms with Crippen molar-refractivity contribution >= 4 is 16.7 Å². The van der Waals surface area contributed by atoms with Gasteiger partial charge in [-0.25, -0.2) is 4.98 Å². The normalized spacial score (nSPS) is 14.7. The molecule has 0 saturated heterocycles. The predicted molar refractivity (Wildman–Crippen MR) is 98.0 cm³/mol. The molecule has 0 unspecified atom stereocenters. The lowest BCUT2D eigenvalue weighted by atomic mass is 10.0. The van der Waals surface area contributed by atoms with Gasteiger partial charge in [0.1, 0.15) is 6.04 Å². The number of aromatic nitrogens is 2. The average Bonchev–Trinajstić information content (AvgIpc) is 3.49. The number of benzene rings is 2. The summed E-state index contributed by atoms with van der Waals surface area (Å²) in [5.74, 6) is 2.83. The molecule has 128 valence electrons. The van der Waals surface area contributed by atoms with Crippen molar-refractivity contribution in [3.63, 3.8) is 0 Å². The number of nitro benzene ring substituents is 1. The van der Waals surface area contributed by atoms with Crippen LogP contribution in [-0.4, -0.2) is 14.5 Å². The van der Waals surface area contributed by atoms with Gasteiger partial charge < -0.3 is 0 Å². The van der Waals surface area contributed by atoms with Crippen molar-refractivity contribution in [1.82, 2.24) is 9.55 Å². The monoisotopic (exact) mass is 345 g/mol. The summed E-state index contributed by atoms with van der Waals surface area (Å²) in [7, 11) is 0. The number of nitro groups is 1. The van der Waals surface area contributed by atoms with E-state index in [2.05, 4.69) is 10.9 Å². The summed E-state index contributed by atoms with van der Waals surface area (Å²) in [6, 6.07) is 11.8. The average molecular weight is 345 g/mol. The number of fused-ring (bicyclic) bond motifs is 1. The first-order valence-electron chi connectivity index (χ1n) is 8.31. The Balaban J connectivity index is 2.01. The Morgan fingerprint density at radius 3 is 2.62 bits per heavy atom. The first-order valence-corrected chi connectivity index (χ1v) is 8.31. The second kappa shape index (κ2) is 6.12. The van der Waals surface area contributed by atoms with Crippen LogP contribution in [0.5, 0.6) is 0 Å². The van der Waals surface area contributed by atoms with Crippen LogP contribution >= 0.6 is 0 Å². The van der Waals surface area contributed by atoms with E-state index in [-0.39, 0.29) is 22.1 Å². The highest BCUT2D eigenvalue weighted by atomic mass is 16.6. The topological polar surface area (TPSA) is 78.0 Å². The molecule has 1 heterocycles. The maximum Gasteiger partial charge on any atom is 0.275 e. The minimum atomic E-state index is -0.609. The lowest BCUT2D eigenvalue weighted by Gasteiger charge is -2.17. The Hall–Kier alpha value is -3.46. The van der Waals surface area contributed by atoms with Crippen LogP contribution in [0.2, 0.25) is 0 Å². The van der Waals surface area contributed by atoms with Crippen LogP contribution < -0.4 is 5.56 Å². The summed E-state index contributed by atoms with van der Waals surface area (Å²) in [6.45, 7) is 0. The van der Waals surface area contributed by atoms with Gasteiger partial charge in [-0.05, 0) is 30.4 Å². The first-order chi connectivity index (χ1) is 12.6. The fraction of sp³-hybridized carbons (Fsp3) is 0.200. The number of rotatable bonds is 4. The third kappa shape index (κ3) is 2.64. The molecule has 0 N–H and O–H groups in total. The van der Waals surface area contributed by atoms with E-state index in [1.54, 1.807) is 6.07 Å². The molecule has 4 rings (SSSR count). The molecular weight excluding hydrogens is 330 g/mol. The van der Waals surface area contributed by atoms with E-state index in [4.69, 9.17) is 6.42 Å². The van der Waals surface area contributed by atoms with Crippen molar-refractivity contribution in [1.29, 1.82) is 0 Å². The molecule has 6 heteroatoms. The van der Waals surface area contributed by atoms with Gasteiger partial charge in [0.05, 0.1) is 22.2 Å². The van der Waals surface area contributed by atoms with Gasteiger partial charge in [0.25, 0.3) is 11.2 Å². The van der Waals surface area contributed by atoms with Crippen LogP contribution in [0, 0.1) is 22.5 Å². The molecule has 1 aromatic heterocycles. The van der Waals surface area contributed by atoms with Crippen molar-refractivity contribution in [2.24, 2.45) is 0 Å². The van der Waals surface area contributed by atoms with Gasteiger partial charge in [0, 0.05) is 11.6 Å². The lowest BCUT2D eigenvalue weighted by Crippen LogP contribution is -2.25. The zero-order chi connectivity index (χ0) is 18.3. The van der Waals surface area contributed by atoms with Crippen LogP contribution in [-0.2, 0) is 0 Å². The number of terminal acetylenes is 1. The molecule has 3 aromatic rings. The SMILES string of the molecule is C#C[C@@H](c1ccccc1)n1c(=O)cnc2cc([N+](=O)[O-])c(C3CC3)cc21. The Bertz CT molecular complexity index is 1110. The second-order valence-corrected chi connectivity index (χ2v) is 6.38. The number of hydrogen-bond donors (Lipinski definition) is 0. The van der Waals surface area contributed by atoms with Crippen LogP contribution in [0.15, 0.2) is 53.5 Å². The largest absolute Gasteiger partial charge is 0.287 e. The summed E-state index contributed by atoms with van der Waals surface area (Å²) in [4.78, 5) is 27.8. The van der Waals surface area contributed by atoms with Gasteiger partial charge in [-0.1, -0.05) is 36.3 Å². The van der Waals surface area contributed by atoms with Gasteiger partial charge in [-0.15, -0.1) is 6.42 Å². The van der Waals surface area contributed by atoms with E-state index >= 15 is 0 Å². The molecule has 1 atom stereocenters. The summed E-state index contributed by atoms with van der Waals surface area (Å²) in [5.41, 5.74) is 2.08. The zero-order valence-corrected chi connectivity index (χ0v) is 13.8. The molecule has 2 aromatic carbocycles. The van der Waals surface area contributed by atoms with Gasteiger partial charge in [-0.2, -0.15) is 0 Å². The second-order valence-electron chi connectivity index (χ2n) is 6.38. The van der Waals surface area contributed by atoms with E-state index in [9.17, 15) is 14.9 Å². The summed E-state index contributed by atoms with van der Waals surface area (Å²) < 4.78 is 1.49. The zero-order valence-electron chi connectivity index (χ0n) is 13.8. The minimum Gasteiger partial charge on any atom is -0.287 e. The molecule has 1 aliphatic rings. The van der Waals surface area contributed by atoms with Crippen LogP contribution in [0.3, 0.4) is 0 Å². The van der Waals surface area contributed by atoms with Crippen molar-refractivity contribution in [3.05, 3.63) is 80.3 Å². The highest BCUT2D eigenvalue weighted by Gasteiger charge is 2.32. The fourth-order valence-corrected chi connectivity index (χ4v) is 3.28.